The molecule has 1 aromatic rings. The van der Waals surface area contributed by atoms with Gasteiger partial charge in [0.25, 0.3) is 0 Å². The number of benzene rings is 1. The minimum Gasteiger partial charge on any atom is -0.393 e. The van der Waals surface area contributed by atoms with E-state index >= 15 is 0 Å². The molecule has 1 aliphatic carbocycles. The quantitative estimate of drug-likeness (QED) is 0.763. The van der Waals surface area contributed by atoms with Crippen LogP contribution in [0.4, 0.5) is 0 Å². The van der Waals surface area contributed by atoms with Gasteiger partial charge in [0.05, 0.1) is 25.4 Å². The zero-order valence-electron chi connectivity index (χ0n) is 13.8. The molecule has 3 atom stereocenters. The lowest BCUT2D eigenvalue weighted by Crippen LogP contribution is -2.39. The molecule has 23 heavy (non-hydrogen) atoms. The Morgan fingerprint density at radius 3 is 2.65 bits per heavy atom. The van der Waals surface area contributed by atoms with E-state index in [2.05, 4.69) is 4.90 Å². The van der Waals surface area contributed by atoms with Crippen LogP contribution in [0.1, 0.15) is 31.2 Å². The summed E-state index contributed by atoms with van der Waals surface area (Å²) in [6.07, 6.45) is 3.60. The van der Waals surface area contributed by atoms with Gasteiger partial charge < -0.3 is 19.8 Å². The van der Waals surface area contributed by atoms with Gasteiger partial charge in [-0.1, -0.05) is 36.6 Å². The number of hydrogen-bond acceptors (Lipinski definition) is 4. The first-order valence-electron chi connectivity index (χ1n) is 8.41. The Bertz CT molecular complexity index is 454. The Balaban J connectivity index is 1.63. The van der Waals surface area contributed by atoms with Gasteiger partial charge in [0.15, 0.2) is 0 Å². The van der Waals surface area contributed by atoms with E-state index in [0.29, 0.717) is 30.7 Å². The third-order valence-corrected chi connectivity index (χ3v) is 4.68. The zero-order chi connectivity index (χ0) is 16.7. The van der Waals surface area contributed by atoms with Crippen molar-refractivity contribution in [1.29, 1.82) is 0 Å². The molecule has 0 spiro atoms. The fraction of sp³-hybridized carbons (Fsp3) is 0.667. The molecule has 0 heterocycles. The lowest BCUT2D eigenvalue weighted by atomic mass is 9.86. The van der Waals surface area contributed by atoms with Crippen molar-refractivity contribution in [2.24, 2.45) is 5.92 Å². The van der Waals surface area contributed by atoms with Crippen LogP contribution in [0.3, 0.4) is 0 Å². The van der Waals surface area contributed by atoms with Gasteiger partial charge in [-0.2, -0.15) is 0 Å². The summed E-state index contributed by atoms with van der Waals surface area (Å²) in [5, 5.41) is 20.8. The van der Waals surface area contributed by atoms with E-state index in [-0.39, 0.29) is 6.10 Å². The average Bonchev–Trinajstić information content (AvgIpc) is 2.51. The molecule has 3 unspecified atom stereocenters. The summed E-state index contributed by atoms with van der Waals surface area (Å²) < 4.78 is 5.56. The van der Waals surface area contributed by atoms with Gasteiger partial charge in [0.1, 0.15) is 0 Å². The number of aliphatic hydroxyl groups is 2. The van der Waals surface area contributed by atoms with Crippen LogP contribution in [0.2, 0.25) is 5.02 Å². The van der Waals surface area contributed by atoms with Gasteiger partial charge in [-0.05, 0) is 43.5 Å². The van der Waals surface area contributed by atoms with Gasteiger partial charge in [0.2, 0.25) is 0 Å². The second kappa shape index (κ2) is 9.60. The number of rotatable bonds is 8. The van der Waals surface area contributed by atoms with E-state index in [0.717, 1.165) is 31.4 Å². The first kappa shape index (κ1) is 18.7. The van der Waals surface area contributed by atoms with E-state index in [1.165, 1.54) is 6.42 Å². The summed E-state index contributed by atoms with van der Waals surface area (Å²) in [4.78, 5) is 2.09. The largest absolute Gasteiger partial charge is 0.393 e. The Morgan fingerprint density at radius 1 is 1.26 bits per heavy atom. The highest BCUT2D eigenvalue weighted by Crippen LogP contribution is 2.24. The van der Waals surface area contributed by atoms with Gasteiger partial charge in [-0.25, -0.2) is 0 Å². The Kier molecular flexibility index (Phi) is 7.80. The molecule has 1 fully saturated rings. The summed E-state index contributed by atoms with van der Waals surface area (Å²) in [7, 11) is 1.99. The predicted octanol–water partition coefficient (Wildman–Crippen LogP) is 2.70. The molecular weight excluding hydrogens is 314 g/mol. The Hall–Kier alpha value is -0.650. The van der Waals surface area contributed by atoms with Gasteiger partial charge >= 0.3 is 0 Å². The van der Waals surface area contributed by atoms with Crippen molar-refractivity contribution < 1.29 is 14.9 Å². The van der Waals surface area contributed by atoms with Crippen molar-refractivity contribution in [3.63, 3.8) is 0 Å². The third kappa shape index (κ3) is 6.77. The second-order valence-electron chi connectivity index (χ2n) is 6.63. The maximum absolute atomic E-state index is 10.1. The van der Waals surface area contributed by atoms with Crippen molar-refractivity contribution in [3.8, 4) is 0 Å². The number of ether oxygens (including phenoxy) is 1. The van der Waals surface area contributed by atoms with Crippen molar-refractivity contribution in [1.82, 2.24) is 4.90 Å². The molecule has 2 rings (SSSR count). The van der Waals surface area contributed by atoms with Crippen molar-refractivity contribution >= 4 is 11.6 Å². The molecule has 0 aromatic heterocycles. The molecule has 0 aliphatic heterocycles. The van der Waals surface area contributed by atoms with E-state index in [1.54, 1.807) is 0 Å². The van der Waals surface area contributed by atoms with Gasteiger partial charge in [0, 0.05) is 18.1 Å². The molecule has 5 heteroatoms. The molecule has 1 aromatic carbocycles. The van der Waals surface area contributed by atoms with Crippen LogP contribution in [0.5, 0.6) is 0 Å². The fourth-order valence-corrected chi connectivity index (χ4v) is 3.31. The van der Waals surface area contributed by atoms with Crippen molar-refractivity contribution in [2.75, 3.05) is 26.7 Å². The molecule has 2 N–H and O–H groups in total. The lowest BCUT2D eigenvalue weighted by Gasteiger charge is -2.31. The maximum Gasteiger partial charge on any atom is 0.0900 e. The molecule has 130 valence electrons. The minimum atomic E-state index is -0.520. The van der Waals surface area contributed by atoms with Crippen LogP contribution in [-0.2, 0) is 11.3 Å². The first-order valence-corrected chi connectivity index (χ1v) is 8.79. The zero-order valence-corrected chi connectivity index (χ0v) is 14.6. The van der Waals surface area contributed by atoms with E-state index in [9.17, 15) is 10.2 Å². The number of nitrogens with zero attached hydrogens (tertiary/aromatic N) is 1. The Labute approximate surface area is 144 Å². The van der Waals surface area contributed by atoms with Crippen molar-refractivity contribution in [3.05, 3.63) is 34.9 Å². The van der Waals surface area contributed by atoms with E-state index in [1.807, 2.05) is 31.3 Å². The van der Waals surface area contributed by atoms with Crippen LogP contribution < -0.4 is 0 Å². The SMILES string of the molecule is CN(CC(O)COCc1ccc(Cl)cc1)CC1CCCCC1O. The fourth-order valence-electron chi connectivity index (χ4n) is 3.18. The molecule has 0 saturated heterocycles. The van der Waals surface area contributed by atoms with Gasteiger partial charge in [-0.3, -0.25) is 0 Å². The van der Waals surface area contributed by atoms with Crippen LogP contribution >= 0.6 is 11.6 Å². The standard InChI is InChI=1S/C18H28ClNO3/c1-20(10-15-4-2-3-5-18(15)22)11-17(21)13-23-12-14-6-8-16(19)9-7-14/h6-9,15,17-18,21-22H,2-5,10-13H2,1H3. The van der Waals surface area contributed by atoms with Gasteiger partial charge in [-0.15, -0.1) is 0 Å². The maximum atomic E-state index is 10.1. The second-order valence-corrected chi connectivity index (χ2v) is 7.06. The highest BCUT2D eigenvalue weighted by molar-refractivity contribution is 6.30. The molecule has 4 nitrogen and oxygen atoms in total. The van der Waals surface area contributed by atoms with Crippen molar-refractivity contribution in [2.45, 2.75) is 44.5 Å². The lowest BCUT2D eigenvalue weighted by molar-refractivity contribution is 0.00199. The van der Waals surface area contributed by atoms with Crippen LogP contribution in [-0.4, -0.2) is 54.1 Å². The molecule has 1 saturated carbocycles. The molecule has 1 aliphatic rings. The Morgan fingerprint density at radius 2 is 1.96 bits per heavy atom. The van der Waals surface area contributed by atoms with Crippen LogP contribution in [0.15, 0.2) is 24.3 Å². The van der Waals surface area contributed by atoms with E-state index < -0.39 is 6.10 Å². The topological polar surface area (TPSA) is 52.9 Å². The third-order valence-electron chi connectivity index (χ3n) is 4.43. The number of likely N-dealkylation sites (N-methyl/N-ethyl adjacent to an activating group) is 1. The monoisotopic (exact) mass is 341 g/mol. The summed E-state index contributed by atoms with van der Waals surface area (Å²) in [6, 6.07) is 7.51. The highest BCUT2D eigenvalue weighted by atomic mass is 35.5. The summed E-state index contributed by atoms with van der Waals surface area (Å²) in [5.41, 5.74) is 1.04. The van der Waals surface area contributed by atoms with Crippen LogP contribution in [0, 0.1) is 5.92 Å². The van der Waals surface area contributed by atoms with E-state index in [4.69, 9.17) is 16.3 Å². The molecule has 0 bridgehead atoms. The highest BCUT2D eigenvalue weighted by Gasteiger charge is 2.24. The molecular formula is C18H28ClNO3. The number of halogens is 1. The van der Waals surface area contributed by atoms with Crippen LogP contribution in [0.25, 0.3) is 0 Å². The number of aliphatic hydroxyl groups excluding tert-OH is 2. The smallest absolute Gasteiger partial charge is 0.0900 e. The average molecular weight is 342 g/mol. The molecule has 0 radical (unpaired) electrons. The first-order chi connectivity index (χ1) is 11.0. The molecule has 0 amide bonds. The predicted molar refractivity (Wildman–Crippen MR) is 92.6 cm³/mol. The summed E-state index contributed by atoms with van der Waals surface area (Å²) in [6.45, 7) is 2.17. The summed E-state index contributed by atoms with van der Waals surface area (Å²) in [5.74, 6) is 0.330. The number of hydrogen-bond donors (Lipinski definition) is 2. The minimum absolute atomic E-state index is 0.190. The summed E-state index contributed by atoms with van der Waals surface area (Å²) >= 11 is 5.84. The normalized spacial score (nSPS) is 23.2.